The van der Waals surface area contributed by atoms with Crippen LogP contribution in [0.5, 0.6) is 0 Å². The normalized spacial score (nSPS) is 12.6. The van der Waals surface area contributed by atoms with Crippen LogP contribution < -0.4 is 9.62 Å². The van der Waals surface area contributed by atoms with Gasteiger partial charge in [-0.3, -0.25) is 13.9 Å². The van der Waals surface area contributed by atoms with E-state index in [0.29, 0.717) is 5.69 Å². The highest BCUT2D eigenvalue weighted by molar-refractivity contribution is 9.10. The Morgan fingerprint density at radius 3 is 2.00 bits per heavy atom. The third-order valence-corrected chi connectivity index (χ3v) is 9.79. The number of rotatable bonds is 13. The number of nitrogens with zero attached hydrogens (tertiary/aromatic N) is 2. The highest BCUT2D eigenvalue weighted by atomic mass is 79.9. The van der Waals surface area contributed by atoms with Crippen LogP contribution in [-0.4, -0.2) is 43.8 Å². The zero-order valence-electron chi connectivity index (χ0n) is 25.2. The van der Waals surface area contributed by atoms with E-state index in [1.165, 1.54) is 4.90 Å². The molecule has 0 saturated carbocycles. The molecule has 0 fully saturated rings. The molecule has 0 aliphatic carbocycles. The molecule has 0 bridgehead atoms. The van der Waals surface area contributed by atoms with Gasteiger partial charge in [-0.05, 0) is 67.8 Å². The molecule has 4 aromatic carbocycles. The van der Waals surface area contributed by atoms with Crippen molar-refractivity contribution in [2.24, 2.45) is 0 Å². The number of benzene rings is 4. The molecule has 4 rings (SSSR count). The van der Waals surface area contributed by atoms with E-state index in [0.717, 1.165) is 31.9 Å². The topological polar surface area (TPSA) is 86.8 Å². The molecule has 230 valence electrons. The molecule has 9 heteroatoms. The standard InChI is InChI=1S/C35H38BrN3O4S/c1-4-27(3)37-35(41)33(23-28-11-7-5-8-12-28)38(24-29-17-19-30(36)20-18-29)34(40)25-39(31-13-9-6-10-14-31)44(42,43)32-21-15-26(2)16-22-32/h5-22,27,33H,4,23-25H2,1-3H3,(H,37,41)/t27-,33-/m1/s1. The number of amides is 2. The number of aryl methyl sites for hydroxylation is 1. The maximum atomic E-state index is 14.5. The summed E-state index contributed by atoms with van der Waals surface area (Å²) in [4.78, 5) is 29.9. The summed E-state index contributed by atoms with van der Waals surface area (Å²) in [5, 5.41) is 3.05. The van der Waals surface area contributed by atoms with Gasteiger partial charge in [0.15, 0.2) is 0 Å². The van der Waals surface area contributed by atoms with E-state index in [4.69, 9.17) is 0 Å². The molecule has 0 radical (unpaired) electrons. The Kier molecular flexibility index (Phi) is 11.4. The first-order valence-electron chi connectivity index (χ1n) is 14.6. The van der Waals surface area contributed by atoms with Crippen molar-refractivity contribution < 1.29 is 18.0 Å². The Morgan fingerprint density at radius 2 is 1.41 bits per heavy atom. The lowest BCUT2D eigenvalue weighted by Gasteiger charge is -2.34. The quantitative estimate of drug-likeness (QED) is 0.175. The minimum absolute atomic E-state index is 0.0783. The fourth-order valence-electron chi connectivity index (χ4n) is 4.74. The Balaban J connectivity index is 1.78. The summed E-state index contributed by atoms with van der Waals surface area (Å²) in [6, 6.07) is 31.2. The van der Waals surface area contributed by atoms with Gasteiger partial charge in [-0.25, -0.2) is 8.42 Å². The number of carbonyl (C=O) groups excluding carboxylic acids is 2. The SMILES string of the molecule is CC[C@@H](C)NC(=O)[C@@H](Cc1ccccc1)N(Cc1ccc(Br)cc1)C(=O)CN(c1ccccc1)S(=O)(=O)c1ccc(C)cc1. The Labute approximate surface area is 269 Å². The Bertz CT molecular complexity index is 1630. The van der Waals surface area contributed by atoms with Crippen LogP contribution in [0.4, 0.5) is 5.69 Å². The summed E-state index contributed by atoms with van der Waals surface area (Å²) >= 11 is 3.46. The lowest BCUT2D eigenvalue weighted by molar-refractivity contribution is -0.140. The first-order valence-corrected chi connectivity index (χ1v) is 16.8. The van der Waals surface area contributed by atoms with Gasteiger partial charge in [-0.1, -0.05) is 101 Å². The second kappa shape index (κ2) is 15.2. The van der Waals surface area contributed by atoms with Gasteiger partial charge in [0, 0.05) is 23.5 Å². The Morgan fingerprint density at radius 1 is 0.818 bits per heavy atom. The number of nitrogens with one attached hydrogen (secondary N) is 1. The lowest BCUT2D eigenvalue weighted by atomic mass is 10.0. The minimum atomic E-state index is -4.13. The molecule has 2 atom stereocenters. The Hall–Kier alpha value is -3.95. The van der Waals surface area contributed by atoms with Crippen LogP contribution in [0.15, 0.2) is 119 Å². The van der Waals surface area contributed by atoms with Crippen molar-refractivity contribution in [1.82, 2.24) is 10.2 Å². The van der Waals surface area contributed by atoms with Crippen LogP contribution in [0.2, 0.25) is 0 Å². The van der Waals surface area contributed by atoms with Crippen molar-refractivity contribution in [1.29, 1.82) is 0 Å². The largest absolute Gasteiger partial charge is 0.352 e. The molecule has 0 unspecified atom stereocenters. The average Bonchev–Trinajstić information content (AvgIpc) is 3.03. The smallest absolute Gasteiger partial charge is 0.264 e. The highest BCUT2D eigenvalue weighted by Gasteiger charge is 2.34. The van der Waals surface area contributed by atoms with Gasteiger partial charge < -0.3 is 10.2 Å². The molecular formula is C35H38BrN3O4S. The molecule has 4 aromatic rings. The highest BCUT2D eigenvalue weighted by Crippen LogP contribution is 2.25. The maximum absolute atomic E-state index is 14.5. The first kappa shape index (κ1) is 33.0. The second-order valence-electron chi connectivity index (χ2n) is 10.8. The lowest BCUT2D eigenvalue weighted by Crippen LogP contribution is -2.54. The van der Waals surface area contributed by atoms with E-state index in [2.05, 4.69) is 21.2 Å². The van der Waals surface area contributed by atoms with Crippen LogP contribution in [0.1, 0.15) is 37.0 Å². The van der Waals surface area contributed by atoms with E-state index in [-0.39, 0.29) is 29.8 Å². The number of halogens is 1. The van der Waals surface area contributed by atoms with Gasteiger partial charge in [0.05, 0.1) is 10.6 Å². The number of carbonyl (C=O) groups is 2. The summed E-state index contributed by atoms with van der Waals surface area (Å²) in [5.74, 6) is -0.783. The van der Waals surface area contributed by atoms with E-state index >= 15 is 0 Å². The van der Waals surface area contributed by atoms with Crippen molar-refractivity contribution in [3.8, 4) is 0 Å². The van der Waals surface area contributed by atoms with Crippen LogP contribution >= 0.6 is 15.9 Å². The number of anilines is 1. The van der Waals surface area contributed by atoms with Crippen LogP contribution in [0.3, 0.4) is 0 Å². The van der Waals surface area contributed by atoms with Crippen LogP contribution in [-0.2, 0) is 32.6 Å². The summed E-state index contributed by atoms with van der Waals surface area (Å²) in [5.41, 5.74) is 2.97. The van der Waals surface area contributed by atoms with Gasteiger partial charge in [-0.2, -0.15) is 0 Å². The molecule has 0 heterocycles. The van der Waals surface area contributed by atoms with E-state index in [1.807, 2.05) is 75.4 Å². The predicted octanol–water partition coefficient (Wildman–Crippen LogP) is 6.51. The molecule has 7 nitrogen and oxygen atoms in total. The summed E-state index contributed by atoms with van der Waals surface area (Å²) in [7, 11) is -4.13. The number of sulfonamides is 1. The van der Waals surface area contributed by atoms with Crippen molar-refractivity contribution in [3.05, 3.63) is 130 Å². The minimum Gasteiger partial charge on any atom is -0.352 e. The average molecular weight is 677 g/mol. The monoisotopic (exact) mass is 675 g/mol. The van der Waals surface area contributed by atoms with Crippen molar-refractivity contribution >= 4 is 43.5 Å². The van der Waals surface area contributed by atoms with Gasteiger partial charge in [0.2, 0.25) is 11.8 Å². The summed E-state index contributed by atoms with van der Waals surface area (Å²) < 4.78 is 30.1. The number of hydrogen-bond acceptors (Lipinski definition) is 4. The third-order valence-electron chi connectivity index (χ3n) is 7.47. The van der Waals surface area contributed by atoms with E-state index < -0.39 is 28.5 Å². The van der Waals surface area contributed by atoms with Gasteiger partial charge in [-0.15, -0.1) is 0 Å². The molecule has 0 aliphatic rings. The fourth-order valence-corrected chi connectivity index (χ4v) is 6.42. The summed E-state index contributed by atoms with van der Waals surface area (Å²) in [6.07, 6.45) is 0.989. The third kappa shape index (κ3) is 8.57. The van der Waals surface area contributed by atoms with Gasteiger partial charge >= 0.3 is 0 Å². The van der Waals surface area contributed by atoms with E-state index in [9.17, 15) is 18.0 Å². The van der Waals surface area contributed by atoms with E-state index in [1.54, 1.807) is 54.6 Å². The van der Waals surface area contributed by atoms with Crippen molar-refractivity contribution in [3.63, 3.8) is 0 Å². The molecule has 0 spiro atoms. The first-order chi connectivity index (χ1) is 21.1. The predicted molar refractivity (Wildman–Crippen MR) is 179 cm³/mol. The van der Waals surface area contributed by atoms with Crippen LogP contribution in [0, 0.1) is 6.92 Å². The maximum Gasteiger partial charge on any atom is 0.264 e. The molecule has 2 amide bonds. The van der Waals surface area contributed by atoms with Crippen molar-refractivity contribution in [2.45, 2.75) is 57.1 Å². The van der Waals surface area contributed by atoms with Gasteiger partial charge in [0.1, 0.15) is 12.6 Å². The fraction of sp³-hybridized carbons (Fsp3) is 0.257. The summed E-state index contributed by atoms with van der Waals surface area (Å²) in [6.45, 7) is 5.41. The number of para-hydroxylation sites is 1. The second-order valence-corrected chi connectivity index (χ2v) is 13.6. The van der Waals surface area contributed by atoms with Crippen LogP contribution in [0.25, 0.3) is 0 Å². The molecule has 0 aliphatic heterocycles. The molecule has 0 aromatic heterocycles. The van der Waals surface area contributed by atoms with Gasteiger partial charge in [0.25, 0.3) is 10.0 Å². The molecule has 44 heavy (non-hydrogen) atoms. The molecule has 0 saturated heterocycles. The molecule has 1 N–H and O–H groups in total. The zero-order chi connectivity index (χ0) is 31.7. The zero-order valence-corrected chi connectivity index (χ0v) is 27.6. The molecular weight excluding hydrogens is 638 g/mol. The van der Waals surface area contributed by atoms with Crippen molar-refractivity contribution in [2.75, 3.05) is 10.8 Å². The number of hydrogen-bond donors (Lipinski definition) is 1.